The van der Waals surface area contributed by atoms with Crippen LogP contribution >= 0.6 is 22.9 Å². The lowest BCUT2D eigenvalue weighted by Gasteiger charge is -2.06. The van der Waals surface area contributed by atoms with Crippen LogP contribution in [-0.2, 0) is 6.42 Å². The monoisotopic (exact) mass is 314 g/mol. The number of halogens is 1. The molecule has 0 radical (unpaired) electrons. The van der Waals surface area contributed by atoms with Gasteiger partial charge >= 0.3 is 0 Å². The van der Waals surface area contributed by atoms with E-state index in [1.165, 1.54) is 4.88 Å². The van der Waals surface area contributed by atoms with Gasteiger partial charge in [0.1, 0.15) is 10.6 Å². The average molecular weight is 315 g/mol. The Balaban J connectivity index is 2.02. The van der Waals surface area contributed by atoms with E-state index >= 15 is 0 Å². The number of thiophene rings is 1. The van der Waals surface area contributed by atoms with Crippen LogP contribution in [0.3, 0.4) is 0 Å². The third-order valence-corrected chi connectivity index (χ3v) is 4.38. The minimum Gasteiger partial charge on any atom is -0.340 e. The molecule has 0 saturated carbocycles. The number of hydrogen-bond donors (Lipinski definition) is 1. The van der Waals surface area contributed by atoms with Crippen molar-refractivity contribution >= 4 is 44.7 Å². The number of nitrogens with zero attached hydrogens (tertiary/aromatic N) is 3. The van der Waals surface area contributed by atoms with Crippen LogP contribution in [0.5, 0.6) is 0 Å². The quantitative estimate of drug-likeness (QED) is 0.722. The van der Waals surface area contributed by atoms with Crippen LogP contribution in [0.2, 0.25) is 5.28 Å². The molecular weight excluding hydrogens is 304 g/mol. The van der Waals surface area contributed by atoms with E-state index < -0.39 is 0 Å². The first-order valence-corrected chi connectivity index (χ1v) is 7.62. The largest absolute Gasteiger partial charge is 0.340 e. The molecule has 0 aliphatic rings. The van der Waals surface area contributed by atoms with Gasteiger partial charge in [0.25, 0.3) is 0 Å². The summed E-state index contributed by atoms with van der Waals surface area (Å²) >= 11 is 7.62. The maximum atomic E-state index is 8.82. The number of anilines is 2. The molecule has 0 spiro atoms. The Morgan fingerprint density at radius 3 is 2.71 bits per heavy atom. The lowest BCUT2D eigenvalue weighted by atomic mass is 10.2. The molecule has 1 aromatic carbocycles. The first kappa shape index (κ1) is 13.8. The Bertz CT molecular complexity index is 833. The van der Waals surface area contributed by atoms with Crippen molar-refractivity contribution < 1.29 is 0 Å². The molecular formula is C15H11ClN4S. The van der Waals surface area contributed by atoms with Crippen LogP contribution < -0.4 is 5.32 Å². The number of nitrogens with one attached hydrogen (secondary N) is 1. The lowest BCUT2D eigenvalue weighted by Crippen LogP contribution is -1.95. The van der Waals surface area contributed by atoms with E-state index in [9.17, 15) is 0 Å². The summed E-state index contributed by atoms with van der Waals surface area (Å²) < 4.78 is 0. The highest BCUT2D eigenvalue weighted by atomic mass is 35.5. The fourth-order valence-corrected chi connectivity index (χ4v) is 3.17. The summed E-state index contributed by atoms with van der Waals surface area (Å²) in [5.74, 6) is 0.686. The molecule has 0 atom stereocenters. The Hall–Kier alpha value is -2.16. The Labute approximate surface area is 131 Å². The van der Waals surface area contributed by atoms with Crippen molar-refractivity contribution in [2.75, 3.05) is 5.32 Å². The summed E-state index contributed by atoms with van der Waals surface area (Å²) in [4.78, 5) is 10.7. The van der Waals surface area contributed by atoms with Crippen LogP contribution in [0.15, 0.2) is 30.3 Å². The molecule has 0 unspecified atom stereocenters. The minimum atomic E-state index is 0.225. The second-order valence-electron chi connectivity index (χ2n) is 4.44. The van der Waals surface area contributed by atoms with E-state index in [0.29, 0.717) is 11.4 Å². The smallest absolute Gasteiger partial charge is 0.225 e. The molecule has 21 heavy (non-hydrogen) atoms. The molecule has 0 amide bonds. The van der Waals surface area contributed by atoms with Crippen LogP contribution in [0, 0.1) is 11.3 Å². The van der Waals surface area contributed by atoms with Crippen molar-refractivity contribution in [1.82, 2.24) is 9.97 Å². The maximum Gasteiger partial charge on any atom is 0.225 e. The van der Waals surface area contributed by atoms with Gasteiger partial charge in [0, 0.05) is 10.6 Å². The average Bonchev–Trinajstić information content (AvgIpc) is 2.91. The summed E-state index contributed by atoms with van der Waals surface area (Å²) in [7, 11) is 0. The number of hydrogen-bond acceptors (Lipinski definition) is 5. The molecule has 3 aromatic rings. The topological polar surface area (TPSA) is 61.6 Å². The van der Waals surface area contributed by atoms with Crippen molar-refractivity contribution in [3.05, 3.63) is 46.1 Å². The molecule has 3 rings (SSSR count). The van der Waals surface area contributed by atoms with Gasteiger partial charge in [0.15, 0.2) is 0 Å². The lowest BCUT2D eigenvalue weighted by molar-refractivity contribution is 1.19. The van der Waals surface area contributed by atoms with Crippen molar-refractivity contribution in [3.63, 3.8) is 0 Å². The molecule has 0 aliphatic carbocycles. The molecule has 1 N–H and O–H groups in total. The van der Waals surface area contributed by atoms with Gasteiger partial charge in [-0.25, -0.2) is 4.98 Å². The molecule has 6 heteroatoms. The summed E-state index contributed by atoms with van der Waals surface area (Å²) in [6.45, 7) is 2.10. The summed E-state index contributed by atoms with van der Waals surface area (Å²) in [5.41, 5.74) is 1.48. The third kappa shape index (κ3) is 2.82. The highest BCUT2D eigenvalue weighted by Crippen LogP contribution is 2.31. The molecule has 2 heterocycles. The molecule has 0 bridgehead atoms. The van der Waals surface area contributed by atoms with E-state index in [1.54, 1.807) is 23.5 Å². The predicted molar refractivity (Wildman–Crippen MR) is 86.2 cm³/mol. The van der Waals surface area contributed by atoms with E-state index in [-0.39, 0.29) is 5.28 Å². The van der Waals surface area contributed by atoms with Crippen LogP contribution in [0.25, 0.3) is 10.2 Å². The molecule has 0 saturated heterocycles. The molecule has 0 aliphatic heterocycles. The van der Waals surface area contributed by atoms with E-state index in [4.69, 9.17) is 16.9 Å². The first-order chi connectivity index (χ1) is 10.2. The number of nitriles is 1. The second-order valence-corrected chi connectivity index (χ2v) is 5.89. The Morgan fingerprint density at radius 2 is 2.05 bits per heavy atom. The first-order valence-electron chi connectivity index (χ1n) is 6.42. The summed E-state index contributed by atoms with van der Waals surface area (Å²) in [6, 6.07) is 11.4. The predicted octanol–water partition coefficient (Wildman–Crippen LogP) is 4.52. The SMILES string of the molecule is CCc1cc2c(Nc3ccc(C#N)cc3)nc(Cl)nc2s1. The highest BCUT2D eigenvalue weighted by Gasteiger charge is 2.10. The second kappa shape index (κ2) is 5.68. The van der Waals surface area contributed by atoms with Gasteiger partial charge in [-0.3, -0.25) is 0 Å². The Morgan fingerprint density at radius 1 is 1.29 bits per heavy atom. The van der Waals surface area contributed by atoms with Crippen LogP contribution in [0.4, 0.5) is 11.5 Å². The zero-order chi connectivity index (χ0) is 14.8. The summed E-state index contributed by atoms with van der Waals surface area (Å²) in [5, 5.41) is 13.2. The number of fused-ring (bicyclic) bond motifs is 1. The van der Waals surface area contributed by atoms with Gasteiger partial charge in [-0.05, 0) is 48.4 Å². The van der Waals surface area contributed by atoms with Gasteiger partial charge < -0.3 is 5.32 Å². The van der Waals surface area contributed by atoms with Crippen molar-refractivity contribution in [1.29, 1.82) is 5.26 Å². The third-order valence-electron chi connectivity index (χ3n) is 3.04. The van der Waals surface area contributed by atoms with Gasteiger partial charge in [0.05, 0.1) is 17.0 Å². The fraction of sp³-hybridized carbons (Fsp3) is 0.133. The number of rotatable bonds is 3. The maximum absolute atomic E-state index is 8.82. The summed E-state index contributed by atoms with van der Waals surface area (Å²) in [6.07, 6.45) is 0.953. The van der Waals surface area contributed by atoms with Crippen molar-refractivity contribution in [3.8, 4) is 6.07 Å². The Kier molecular flexibility index (Phi) is 3.74. The minimum absolute atomic E-state index is 0.225. The zero-order valence-corrected chi connectivity index (χ0v) is 12.8. The van der Waals surface area contributed by atoms with Crippen molar-refractivity contribution in [2.45, 2.75) is 13.3 Å². The van der Waals surface area contributed by atoms with E-state index in [2.05, 4.69) is 34.3 Å². The standard InChI is InChI=1S/C15H11ClN4S/c1-2-11-7-12-13(19-15(16)20-14(12)21-11)18-10-5-3-9(8-17)4-6-10/h3-7H,2H2,1H3,(H,18,19,20). The van der Waals surface area contributed by atoms with Gasteiger partial charge in [-0.1, -0.05) is 6.92 Å². The van der Waals surface area contributed by atoms with Gasteiger partial charge in [0.2, 0.25) is 5.28 Å². The normalized spacial score (nSPS) is 10.5. The van der Waals surface area contributed by atoms with Gasteiger partial charge in [-0.15, -0.1) is 11.3 Å². The van der Waals surface area contributed by atoms with E-state index in [0.717, 1.165) is 22.3 Å². The molecule has 0 fully saturated rings. The molecule has 2 aromatic heterocycles. The van der Waals surface area contributed by atoms with Crippen molar-refractivity contribution in [2.24, 2.45) is 0 Å². The molecule has 4 nitrogen and oxygen atoms in total. The van der Waals surface area contributed by atoms with Crippen LogP contribution in [0.1, 0.15) is 17.4 Å². The van der Waals surface area contributed by atoms with E-state index in [1.807, 2.05) is 12.1 Å². The molecule has 104 valence electrons. The van der Waals surface area contributed by atoms with Crippen LogP contribution in [-0.4, -0.2) is 9.97 Å². The highest BCUT2D eigenvalue weighted by molar-refractivity contribution is 7.18. The fourth-order valence-electron chi connectivity index (χ4n) is 1.98. The zero-order valence-electron chi connectivity index (χ0n) is 11.2. The number of benzene rings is 1. The van der Waals surface area contributed by atoms with Gasteiger partial charge in [-0.2, -0.15) is 10.2 Å². The number of aryl methyl sites for hydroxylation is 1. The number of aromatic nitrogens is 2.